The van der Waals surface area contributed by atoms with Gasteiger partial charge in [0.05, 0.1) is 12.4 Å². The number of benzene rings is 2. The van der Waals surface area contributed by atoms with Gasteiger partial charge in [0, 0.05) is 11.3 Å². The van der Waals surface area contributed by atoms with Crippen molar-refractivity contribution in [1.29, 1.82) is 0 Å². The second-order valence-corrected chi connectivity index (χ2v) is 6.86. The van der Waals surface area contributed by atoms with Crippen molar-refractivity contribution in [3.63, 3.8) is 0 Å². The Labute approximate surface area is 162 Å². The summed E-state index contributed by atoms with van der Waals surface area (Å²) in [5, 5.41) is 11.3. The highest BCUT2D eigenvalue weighted by molar-refractivity contribution is 7.99. The molecule has 0 fully saturated rings. The molecular weight excluding hydrogens is 362 g/mol. The summed E-state index contributed by atoms with van der Waals surface area (Å²) in [4.78, 5) is 12.2. The molecule has 3 rings (SSSR count). The second-order valence-electron chi connectivity index (χ2n) is 5.93. The largest absolute Gasteiger partial charge is 0.494 e. The summed E-state index contributed by atoms with van der Waals surface area (Å²) in [6.45, 7) is 6.49. The molecule has 0 radical (unpaired) electrons. The molecule has 27 heavy (non-hydrogen) atoms. The minimum atomic E-state index is -0.113. The molecule has 0 aliphatic heterocycles. The predicted molar refractivity (Wildman–Crippen MR) is 106 cm³/mol. The molecule has 0 aliphatic rings. The number of hydrogen-bond acceptors (Lipinski definition) is 6. The van der Waals surface area contributed by atoms with Crippen molar-refractivity contribution in [3.8, 4) is 17.2 Å². The third kappa shape index (κ3) is 4.89. The summed E-state index contributed by atoms with van der Waals surface area (Å²) in [6, 6.07) is 13.3. The zero-order valence-electron chi connectivity index (χ0n) is 15.5. The zero-order chi connectivity index (χ0) is 19.2. The summed E-state index contributed by atoms with van der Waals surface area (Å²) >= 11 is 1.21. The van der Waals surface area contributed by atoms with Gasteiger partial charge in [-0.3, -0.25) is 4.79 Å². The monoisotopic (exact) mass is 383 g/mol. The van der Waals surface area contributed by atoms with E-state index in [1.165, 1.54) is 11.8 Å². The molecule has 1 heterocycles. The number of carbonyl (C=O) groups excluding carboxylic acids is 1. The maximum Gasteiger partial charge on any atom is 0.277 e. The van der Waals surface area contributed by atoms with Crippen LogP contribution in [0.25, 0.3) is 11.5 Å². The molecule has 0 bridgehead atoms. The van der Waals surface area contributed by atoms with Gasteiger partial charge >= 0.3 is 0 Å². The van der Waals surface area contributed by atoms with Crippen LogP contribution in [0.4, 0.5) is 5.69 Å². The van der Waals surface area contributed by atoms with Crippen molar-refractivity contribution in [2.24, 2.45) is 0 Å². The zero-order valence-corrected chi connectivity index (χ0v) is 16.3. The lowest BCUT2D eigenvalue weighted by Gasteiger charge is -2.10. The Morgan fingerprint density at radius 3 is 2.48 bits per heavy atom. The van der Waals surface area contributed by atoms with Crippen LogP contribution in [-0.4, -0.2) is 28.5 Å². The minimum Gasteiger partial charge on any atom is -0.494 e. The van der Waals surface area contributed by atoms with Gasteiger partial charge in [-0.2, -0.15) is 0 Å². The second kappa shape index (κ2) is 8.73. The van der Waals surface area contributed by atoms with E-state index in [1.54, 1.807) is 0 Å². The van der Waals surface area contributed by atoms with Gasteiger partial charge in [-0.1, -0.05) is 30.0 Å². The van der Waals surface area contributed by atoms with E-state index in [1.807, 2.05) is 63.2 Å². The summed E-state index contributed by atoms with van der Waals surface area (Å²) < 4.78 is 11.1. The lowest BCUT2D eigenvalue weighted by Crippen LogP contribution is -2.15. The Kier molecular flexibility index (Phi) is 6.13. The van der Waals surface area contributed by atoms with Gasteiger partial charge in [0.15, 0.2) is 0 Å². The van der Waals surface area contributed by atoms with Crippen LogP contribution in [0.1, 0.15) is 18.1 Å². The van der Waals surface area contributed by atoms with E-state index in [0.29, 0.717) is 17.7 Å². The first kappa shape index (κ1) is 19.0. The molecule has 6 nitrogen and oxygen atoms in total. The van der Waals surface area contributed by atoms with Crippen LogP contribution in [0.3, 0.4) is 0 Å². The van der Waals surface area contributed by atoms with Crippen molar-refractivity contribution in [1.82, 2.24) is 10.2 Å². The molecule has 7 heteroatoms. The van der Waals surface area contributed by atoms with E-state index in [9.17, 15) is 4.79 Å². The number of anilines is 1. The van der Waals surface area contributed by atoms with Gasteiger partial charge in [0.1, 0.15) is 5.75 Å². The number of carbonyl (C=O) groups is 1. The number of amides is 1. The van der Waals surface area contributed by atoms with Gasteiger partial charge in [-0.25, -0.2) is 0 Å². The van der Waals surface area contributed by atoms with E-state index < -0.39 is 0 Å². The van der Waals surface area contributed by atoms with Crippen molar-refractivity contribution in [2.45, 2.75) is 26.0 Å². The molecular formula is C20H21N3O3S. The molecule has 2 aromatic carbocycles. The van der Waals surface area contributed by atoms with Crippen molar-refractivity contribution < 1.29 is 13.9 Å². The van der Waals surface area contributed by atoms with E-state index in [4.69, 9.17) is 9.15 Å². The number of para-hydroxylation sites is 1. The number of nitrogens with one attached hydrogen (secondary N) is 1. The fraction of sp³-hybridized carbons (Fsp3) is 0.250. The number of nitrogens with zero attached hydrogens (tertiary/aromatic N) is 2. The fourth-order valence-corrected chi connectivity index (χ4v) is 3.12. The first-order chi connectivity index (χ1) is 13.1. The molecule has 0 atom stereocenters. The summed E-state index contributed by atoms with van der Waals surface area (Å²) in [5.74, 6) is 1.28. The first-order valence-electron chi connectivity index (χ1n) is 8.62. The standard InChI is InChI=1S/C20H21N3O3S/c1-4-25-16-10-8-15(9-11-16)19-22-23-20(26-19)27-12-17(24)21-18-13(2)6-5-7-14(18)3/h5-11H,4,12H2,1-3H3,(H,21,24). The summed E-state index contributed by atoms with van der Waals surface area (Å²) in [7, 11) is 0. The maximum absolute atomic E-state index is 12.2. The van der Waals surface area contributed by atoms with Crippen LogP contribution in [0.15, 0.2) is 52.1 Å². The smallest absolute Gasteiger partial charge is 0.277 e. The molecule has 140 valence electrons. The number of hydrogen-bond donors (Lipinski definition) is 1. The normalized spacial score (nSPS) is 10.6. The van der Waals surface area contributed by atoms with E-state index in [2.05, 4.69) is 15.5 Å². The van der Waals surface area contributed by atoms with Gasteiger partial charge < -0.3 is 14.5 Å². The van der Waals surface area contributed by atoms with Crippen LogP contribution >= 0.6 is 11.8 Å². The molecule has 0 spiro atoms. The summed E-state index contributed by atoms with van der Waals surface area (Å²) in [6.07, 6.45) is 0. The van der Waals surface area contributed by atoms with Crippen molar-refractivity contribution in [3.05, 3.63) is 53.6 Å². The van der Waals surface area contributed by atoms with Crippen LogP contribution in [0.5, 0.6) is 5.75 Å². The molecule has 0 saturated carbocycles. The van der Waals surface area contributed by atoms with Crippen molar-refractivity contribution >= 4 is 23.4 Å². The minimum absolute atomic E-state index is 0.113. The first-order valence-corrected chi connectivity index (χ1v) is 9.61. The van der Waals surface area contributed by atoms with Crippen LogP contribution in [-0.2, 0) is 4.79 Å². The molecule has 0 saturated heterocycles. The fourth-order valence-electron chi connectivity index (χ4n) is 2.56. The van der Waals surface area contributed by atoms with E-state index >= 15 is 0 Å². The topological polar surface area (TPSA) is 77.2 Å². The highest BCUT2D eigenvalue weighted by atomic mass is 32.2. The maximum atomic E-state index is 12.2. The number of rotatable bonds is 7. The Bertz CT molecular complexity index is 902. The van der Waals surface area contributed by atoms with Gasteiger partial charge in [-0.15, -0.1) is 10.2 Å². The number of thioether (sulfide) groups is 1. The highest BCUT2D eigenvalue weighted by Crippen LogP contribution is 2.25. The molecule has 1 amide bonds. The lowest BCUT2D eigenvalue weighted by molar-refractivity contribution is -0.113. The third-order valence-electron chi connectivity index (χ3n) is 3.89. The Balaban J connectivity index is 1.58. The third-order valence-corrected chi connectivity index (χ3v) is 4.71. The molecule has 3 aromatic rings. The Morgan fingerprint density at radius 2 is 1.81 bits per heavy atom. The molecule has 0 aliphatic carbocycles. The highest BCUT2D eigenvalue weighted by Gasteiger charge is 2.13. The molecule has 1 aromatic heterocycles. The van der Waals surface area contributed by atoms with Gasteiger partial charge in [0.2, 0.25) is 11.8 Å². The SMILES string of the molecule is CCOc1ccc(-c2nnc(SCC(=O)Nc3c(C)cccc3C)o2)cc1. The van der Waals surface area contributed by atoms with Gasteiger partial charge in [-0.05, 0) is 56.2 Å². The average Bonchev–Trinajstić information content (AvgIpc) is 3.13. The van der Waals surface area contributed by atoms with Crippen molar-refractivity contribution in [2.75, 3.05) is 17.7 Å². The average molecular weight is 383 g/mol. The number of aromatic nitrogens is 2. The lowest BCUT2D eigenvalue weighted by atomic mass is 10.1. The van der Waals surface area contributed by atoms with E-state index in [0.717, 1.165) is 28.1 Å². The van der Waals surface area contributed by atoms with Crippen LogP contribution in [0.2, 0.25) is 0 Å². The van der Waals surface area contributed by atoms with Crippen LogP contribution in [0, 0.1) is 13.8 Å². The van der Waals surface area contributed by atoms with E-state index in [-0.39, 0.29) is 11.7 Å². The summed E-state index contributed by atoms with van der Waals surface area (Å²) in [5.41, 5.74) is 3.72. The quantitative estimate of drug-likeness (QED) is 0.606. The molecule has 0 unspecified atom stereocenters. The number of aryl methyl sites for hydroxylation is 2. The Morgan fingerprint density at radius 1 is 1.11 bits per heavy atom. The van der Waals surface area contributed by atoms with Gasteiger partial charge in [0.25, 0.3) is 5.22 Å². The Hall–Kier alpha value is -2.80. The molecule has 1 N–H and O–H groups in total. The predicted octanol–water partition coefficient (Wildman–Crippen LogP) is 4.48. The van der Waals surface area contributed by atoms with Crippen LogP contribution < -0.4 is 10.1 Å². The number of ether oxygens (including phenoxy) is 1.